The van der Waals surface area contributed by atoms with Crippen LogP contribution in [0.5, 0.6) is 0 Å². The first kappa shape index (κ1) is 15.1. The number of carbonyl (C=O) groups is 1. The van der Waals surface area contributed by atoms with Gasteiger partial charge in [-0.15, -0.1) is 0 Å². The predicted octanol–water partition coefficient (Wildman–Crippen LogP) is 2.43. The van der Waals surface area contributed by atoms with Crippen LogP contribution in [0.4, 0.5) is 0 Å². The molecule has 5 nitrogen and oxygen atoms in total. The smallest absolute Gasteiger partial charge is 0.272 e. The van der Waals surface area contributed by atoms with Crippen molar-refractivity contribution in [2.24, 2.45) is 0 Å². The molecule has 2 aliphatic rings. The summed E-state index contributed by atoms with van der Waals surface area (Å²) in [6.07, 6.45) is 2.25. The van der Waals surface area contributed by atoms with E-state index in [1.807, 2.05) is 0 Å². The first-order chi connectivity index (χ1) is 9.91. The first-order valence-electron chi connectivity index (χ1n) is 6.68. The molecule has 0 radical (unpaired) electrons. The van der Waals surface area contributed by atoms with Crippen LogP contribution < -0.4 is 0 Å². The fourth-order valence-electron chi connectivity index (χ4n) is 2.80. The van der Waals surface area contributed by atoms with E-state index in [2.05, 4.69) is 0 Å². The second-order valence-corrected chi connectivity index (χ2v) is 7.86. The van der Waals surface area contributed by atoms with Gasteiger partial charge in [-0.05, 0) is 30.5 Å². The monoisotopic (exact) mass is 348 g/mol. The van der Waals surface area contributed by atoms with Crippen LogP contribution in [0.25, 0.3) is 0 Å². The number of benzene rings is 1. The van der Waals surface area contributed by atoms with E-state index in [1.165, 1.54) is 4.31 Å². The first-order valence-corrected chi connectivity index (χ1v) is 8.84. The Morgan fingerprint density at radius 2 is 2.00 bits per heavy atom. The van der Waals surface area contributed by atoms with Crippen molar-refractivity contribution in [1.82, 2.24) is 8.61 Å². The Labute approximate surface area is 133 Å². The van der Waals surface area contributed by atoms with Crippen LogP contribution in [0.15, 0.2) is 18.2 Å². The molecule has 2 fully saturated rings. The quantitative estimate of drug-likeness (QED) is 0.824. The number of piperidine rings is 1. The highest BCUT2D eigenvalue weighted by atomic mass is 35.5. The van der Waals surface area contributed by atoms with Gasteiger partial charge in [0.1, 0.15) is 6.04 Å². The highest BCUT2D eigenvalue weighted by molar-refractivity contribution is 7.87. The van der Waals surface area contributed by atoms with Crippen molar-refractivity contribution in [3.63, 3.8) is 0 Å². The number of halogens is 2. The van der Waals surface area contributed by atoms with Crippen molar-refractivity contribution in [2.45, 2.75) is 31.8 Å². The fraction of sp³-hybridized carbons (Fsp3) is 0.462. The molecule has 2 heterocycles. The molecule has 1 amide bonds. The number of carbonyl (C=O) groups excluding carboxylic acids is 1. The molecular weight excluding hydrogens is 335 g/mol. The molecule has 0 spiro atoms. The van der Waals surface area contributed by atoms with Crippen molar-refractivity contribution < 1.29 is 13.2 Å². The Morgan fingerprint density at radius 3 is 2.67 bits per heavy atom. The number of fused-ring (bicyclic) bond motifs is 1. The van der Waals surface area contributed by atoms with E-state index in [4.69, 9.17) is 23.2 Å². The van der Waals surface area contributed by atoms with Crippen LogP contribution in [0.1, 0.15) is 24.8 Å². The molecule has 0 aliphatic carbocycles. The van der Waals surface area contributed by atoms with Crippen LogP contribution in [-0.2, 0) is 21.5 Å². The third-order valence-electron chi connectivity index (χ3n) is 3.89. The summed E-state index contributed by atoms with van der Waals surface area (Å²) in [4.78, 5) is 12.4. The number of nitrogens with zero attached hydrogens (tertiary/aromatic N) is 2. The number of hydrogen-bond donors (Lipinski definition) is 0. The van der Waals surface area contributed by atoms with Crippen LogP contribution in [0.2, 0.25) is 10.0 Å². The highest BCUT2D eigenvalue weighted by Crippen LogP contribution is 2.33. The Bertz CT molecular complexity index is 693. The van der Waals surface area contributed by atoms with Crippen LogP contribution in [0, 0.1) is 0 Å². The van der Waals surface area contributed by atoms with Gasteiger partial charge in [0, 0.05) is 16.6 Å². The van der Waals surface area contributed by atoms with Crippen molar-refractivity contribution in [3.05, 3.63) is 33.8 Å². The van der Waals surface area contributed by atoms with Gasteiger partial charge in [-0.25, -0.2) is 4.31 Å². The van der Waals surface area contributed by atoms with E-state index in [0.717, 1.165) is 17.1 Å². The number of hydrogen-bond acceptors (Lipinski definition) is 3. The lowest BCUT2D eigenvalue weighted by atomic mass is 10.0. The average molecular weight is 349 g/mol. The second-order valence-electron chi connectivity index (χ2n) is 5.21. The molecule has 3 rings (SSSR count). The molecule has 1 atom stereocenters. The van der Waals surface area contributed by atoms with E-state index in [0.29, 0.717) is 28.6 Å². The highest BCUT2D eigenvalue weighted by Gasteiger charge is 2.50. The van der Waals surface area contributed by atoms with E-state index in [9.17, 15) is 13.2 Å². The molecule has 0 saturated carbocycles. The number of rotatable bonds is 2. The van der Waals surface area contributed by atoms with Crippen molar-refractivity contribution in [1.29, 1.82) is 0 Å². The van der Waals surface area contributed by atoms with Crippen LogP contribution >= 0.6 is 23.2 Å². The minimum atomic E-state index is -3.74. The van der Waals surface area contributed by atoms with Gasteiger partial charge in [-0.3, -0.25) is 4.79 Å². The molecule has 1 aromatic rings. The topological polar surface area (TPSA) is 57.7 Å². The minimum absolute atomic E-state index is 0.0514. The normalized spacial score (nSPS) is 25.1. The molecule has 0 aromatic heterocycles. The molecule has 2 aliphatic heterocycles. The van der Waals surface area contributed by atoms with Gasteiger partial charge < -0.3 is 0 Å². The maximum absolute atomic E-state index is 12.5. The van der Waals surface area contributed by atoms with E-state index in [1.54, 1.807) is 18.2 Å². The standard InChI is InChI=1S/C13H14Cl2N2O3S/c14-10-5-4-9(11(15)7-10)8-17-13(18)12-3-1-2-6-16(12)21(17,19)20/h4-5,7,12H,1-3,6,8H2. The summed E-state index contributed by atoms with van der Waals surface area (Å²) in [6.45, 7) is 0.355. The van der Waals surface area contributed by atoms with Crippen LogP contribution in [0.3, 0.4) is 0 Å². The van der Waals surface area contributed by atoms with E-state index in [-0.39, 0.29) is 12.5 Å². The van der Waals surface area contributed by atoms with Crippen molar-refractivity contribution in [3.8, 4) is 0 Å². The summed E-state index contributed by atoms with van der Waals surface area (Å²) in [5.74, 6) is -0.360. The lowest BCUT2D eigenvalue weighted by Crippen LogP contribution is -2.39. The molecule has 2 saturated heterocycles. The third-order valence-corrected chi connectivity index (χ3v) is 6.37. The fourth-order valence-corrected chi connectivity index (χ4v) is 5.05. The summed E-state index contributed by atoms with van der Waals surface area (Å²) in [7, 11) is -3.74. The maximum Gasteiger partial charge on any atom is 0.307 e. The Morgan fingerprint density at radius 1 is 1.24 bits per heavy atom. The summed E-state index contributed by atoms with van der Waals surface area (Å²) < 4.78 is 27.2. The number of amides is 1. The van der Waals surface area contributed by atoms with Gasteiger partial charge in [-0.2, -0.15) is 12.7 Å². The molecule has 21 heavy (non-hydrogen) atoms. The zero-order valence-corrected chi connectivity index (χ0v) is 13.5. The zero-order valence-electron chi connectivity index (χ0n) is 11.1. The van der Waals surface area contributed by atoms with E-state index >= 15 is 0 Å². The Kier molecular flexibility index (Phi) is 3.90. The summed E-state index contributed by atoms with van der Waals surface area (Å²) in [5, 5.41) is 0.826. The third kappa shape index (κ3) is 2.54. The molecule has 1 aromatic carbocycles. The zero-order chi connectivity index (χ0) is 15.2. The second kappa shape index (κ2) is 5.43. The minimum Gasteiger partial charge on any atom is -0.272 e. The van der Waals surface area contributed by atoms with E-state index < -0.39 is 16.3 Å². The molecule has 1 unspecified atom stereocenters. The van der Waals surface area contributed by atoms with Crippen molar-refractivity contribution >= 4 is 39.3 Å². The SMILES string of the molecule is O=C1C2CCCCN2S(=O)(=O)N1Cc1ccc(Cl)cc1Cl. The largest absolute Gasteiger partial charge is 0.307 e. The van der Waals surface area contributed by atoms with Crippen LogP contribution in [-0.4, -0.2) is 35.5 Å². The van der Waals surface area contributed by atoms with Gasteiger partial charge >= 0.3 is 10.2 Å². The summed E-state index contributed by atoms with van der Waals surface area (Å²) in [5.41, 5.74) is 0.567. The van der Waals surface area contributed by atoms with Gasteiger partial charge in [-0.1, -0.05) is 35.7 Å². The molecule has 0 N–H and O–H groups in total. The van der Waals surface area contributed by atoms with Gasteiger partial charge in [0.15, 0.2) is 0 Å². The predicted molar refractivity (Wildman–Crippen MR) is 80.3 cm³/mol. The summed E-state index contributed by atoms with van der Waals surface area (Å²) >= 11 is 11.9. The van der Waals surface area contributed by atoms with Gasteiger partial charge in [0.05, 0.1) is 6.54 Å². The van der Waals surface area contributed by atoms with Gasteiger partial charge in [0.2, 0.25) is 0 Å². The molecular formula is C13H14Cl2N2O3S. The lowest BCUT2D eigenvalue weighted by molar-refractivity contribution is -0.128. The Balaban J connectivity index is 1.92. The Hall–Kier alpha value is -0.820. The molecule has 8 heteroatoms. The lowest BCUT2D eigenvalue weighted by Gasteiger charge is -2.24. The molecule has 114 valence electrons. The summed E-state index contributed by atoms with van der Waals surface area (Å²) in [6, 6.07) is 4.27. The average Bonchev–Trinajstić information content (AvgIpc) is 2.63. The van der Waals surface area contributed by atoms with Gasteiger partial charge in [0.25, 0.3) is 5.91 Å². The molecule has 0 bridgehead atoms. The van der Waals surface area contributed by atoms with Crippen molar-refractivity contribution in [2.75, 3.05) is 6.54 Å². The maximum atomic E-state index is 12.5.